The van der Waals surface area contributed by atoms with Crippen LogP contribution >= 0.6 is 0 Å². The molecular weight excluding hydrogens is 308 g/mol. The summed E-state index contributed by atoms with van der Waals surface area (Å²) < 4.78 is 33.2. The lowest BCUT2D eigenvalue weighted by atomic mass is 10.1. The van der Waals surface area contributed by atoms with Crippen LogP contribution in [-0.4, -0.2) is 25.6 Å². The van der Waals surface area contributed by atoms with Gasteiger partial charge in [-0.25, -0.2) is 4.79 Å². The van der Waals surface area contributed by atoms with Gasteiger partial charge in [0.1, 0.15) is 5.75 Å². The van der Waals surface area contributed by atoms with Crippen molar-refractivity contribution in [2.45, 2.75) is 38.3 Å². The van der Waals surface area contributed by atoms with Gasteiger partial charge in [0.05, 0.1) is 7.11 Å². The maximum atomic E-state index is 12.1. The summed E-state index contributed by atoms with van der Waals surface area (Å²) in [6.45, 7) is -2.92. The van der Waals surface area contributed by atoms with E-state index in [2.05, 4.69) is 10.1 Å². The number of amides is 1. The second kappa shape index (κ2) is 7.89. The normalized spacial score (nSPS) is 15.1. The highest BCUT2D eigenvalue weighted by Crippen LogP contribution is 2.33. The smallest absolute Gasteiger partial charge is 0.387 e. The van der Waals surface area contributed by atoms with Crippen molar-refractivity contribution in [2.75, 3.05) is 7.11 Å². The largest absolute Gasteiger partial charge is 0.467 e. The Hall–Kier alpha value is -2.18. The minimum Gasteiger partial charge on any atom is -0.467 e. The van der Waals surface area contributed by atoms with Crippen molar-refractivity contribution in [3.63, 3.8) is 0 Å². The van der Waals surface area contributed by atoms with Crippen molar-refractivity contribution in [1.82, 2.24) is 5.32 Å². The molecule has 0 heterocycles. The third-order valence-corrected chi connectivity index (χ3v) is 3.66. The molecule has 0 spiro atoms. The molecule has 1 aromatic carbocycles. The number of methoxy groups -OCH3 is 1. The molecule has 1 aromatic rings. The van der Waals surface area contributed by atoms with Gasteiger partial charge in [0.2, 0.25) is 5.91 Å². The fourth-order valence-corrected chi connectivity index (χ4v) is 2.21. The van der Waals surface area contributed by atoms with Gasteiger partial charge in [-0.2, -0.15) is 8.78 Å². The number of halogens is 2. The SMILES string of the molecule is COC(=O)[C@@H](NC(=O)CCC1CC1)c1ccc(OC(F)F)cc1. The number of ether oxygens (including phenoxy) is 2. The zero-order valence-corrected chi connectivity index (χ0v) is 12.8. The van der Waals surface area contributed by atoms with Crippen LogP contribution in [0.3, 0.4) is 0 Å². The first-order valence-electron chi connectivity index (χ1n) is 7.41. The van der Waals surface area contributed by atoms with E-state index in [1.54, 1.807) is 0 Å². The third-order valence-electron chi connectivity index (χ3n) is 3.66. The second-order valence-corrected chi connectivity index (χ2v) is 5.45. The van der Waals surface area contributed by atoms with E-state index in [0.717, 1.165) is 19.3 Å². The van der Waals surface area contributed by atoms with Crippen molar-refractivity contribution in [3.05, 3.63) is 29.8 Å². The van der Waals surface area contributed by atoms with Crippen molar-refractivity contribution < 1.29 is 27.8 Å². The summed E-state index contributed by atoms with van der Waals surface area (Å²) >= 11 is 0. The Balaban J connectivity index is 2.01. The molecule has 0 saturated heterocycles. The van der Waals surface area contributed by atoms with E-state index in [9.17, 15) is 18.4 Å². The van der Waals surface area contributed by atoms with Crippen LogP contribution < -0.4 is 10.1 Å². The van der Waals surface area contributed by atoms with Gasteiger partial charge in [-0.15, -0.1) is 0 Å². The zero-order valence-electron chi connectivity index (χ0n) is 12.8. The molecule has 1 aliphatic carbocycles. The third kappa shape index (κ3) is 5.50. The Labute approximate surface area is 133 Å². The molecule has 5 nitrogen and oxygen atoms in total. The molecular formula is C16H19F2NO4. The maximum Gasteiger partial charge on any atom is 0.387 e. The summed E-state index contributed by atoms with van der Waals surface area (Å²) in [5, 5.41) is 2.62. The fourth-order valence-electron chi connectivity index (χ4n) is 2.21. The van der Waals surface area contributed by atoms with Gasteiger partial charge in [0.15, 0.2) is 6.04 Å². The van der Waals surface area contributed by atoms with E-state index in [-0.39, 0.29) is 11.7 Å². The first kappa shape index (κ1) is 17.2. The van der Waals surface area contributed by atoms with Crippen LogP contribution in [-0.2, 0) is 14.3 Å². The number of nitrogens with one attached hydrogen (secondary N) is 1. The topological polar surface area (TPSA) is 64.6 Å². The molecule has 7 heteroatoms. The van der Waals surface area contributed by atoms with Gasteiger partial charge in [-0.3, -0.25) is 4.79 Å². The molecule has 0 aliphatic heterocycles. The minimum absolute atomic E-state index is 0.0209. The first-order chi connectivity index (χ1) is 11.0. The summed E-state index contributed by atoms with van der Waals surface area (Å²) in [6, 6.07) is 4.55. The van der Waals surface area contributed by atoms with Gasteiger partial charge < -0.3 is 14.8 Å². The van der Waals surface area contributed by atoms with Crippen molar-refractivity contribution in [3.8, 4) is 5.75 Å². The summed E-state index contributed by atoms with van der Waals surface area (Å²) in [4.78, 5) is 23.8. The van der Waals surface area contributed by atoms with E-state index in [1.807, 2.05) is 0 Å². The van der Waals surface area contributed by atoms with Crippen molar-refractivity contribution in [1.29, 1.82) is 0 Å². The number of benzene rings is 1. The molecule has 0 radical (unpaired) electrons. The molecule has 1 aliphatic rings. The van der Waals surface area contributed by atoms with E-state index >= 15 is 0 Å². The van der Waals surface area contributed by atoms with Crippen LogP contribution in [0.25, 0.3) is 0 Å². The Morgan fingerprint density at radius 3 is 2.43 bits per heavy atom. The van der Waals surface area contributed by atoms with Crippen LogP contribution in [0.5, 0.6) is 5.75 Å². The Morgan fingerprint density at radius 1 is 1.26 bits per heavy atom. The average molecular weight is 327 g/mol. The predicted octanol–water partition coefficient (Wildman–Crippen LogP) is 2.81. The van der Waals surface area contributed by atoms with Gasteiger partial charge in [0.25, 0.3) is 0 Å². The van der Waals surface area contributed by atoms with Crippen LogP contribution in [0.2, 0.25) is 0 Å². The Bertz CT molecular complexity index is 544. The molecule has 0 aromatic heterocycles. The van der Waals surface area contributed by atoms with Crippen LogP contribution in [0.15, 0.2) is 24.3 Å². The summed E-state index contributed by atoms with van der Waals surface area (Å²) in [5.74, 6) is -0.261. The summed E-state index contributed by atoms with van der Waals surface area (Å²) in [6.07, 6.45) is 3.46. The zero-order chi connectivity index (χ0) is 16.8. The number of rotatable bonds is 8. The summed E-state index contributed by atoms with van der Waals surface area (Å²) in [7, 11) is 1.22. The van der Waals surface area contributed by atoms with Crippen molar-refractivity contribution in [2.24, 2.45) is 5.92 Å². The molecule has 1 amide bonds. The van der Waals surface area contributed by atoms with Crippen molar-refractivity contribution >= 4 is 11.9 Å². The molecule has 1 atom stereocenters. The Morgan fingerprint density at radius 2 is 1.91 bits per heavy atom. The lowest BCUT2D eigenvalue weighted by Crippen LogP contribution is -2.34. The number of carbonyl (C=O) groups excluding carboxylic acids is 2. The van der Waals surface area contributed by atoms with E-state index < -0.39 is 18.6 Å². The van der Waals surface area contributed by atoms with Crippen LogP contribution in [0.1, 0.15) is 37.3 Å². The van der Waals surface area contributed by atoms with Crippen LogP contribution in [0, 0.1) is 5.92 Å². The number of esters is 1. The molecule has 0 bridgehead atoms. The quantitative estimate of drug-likeness (QED) is 0.746. The van der Waals surface area contributed by atoms with E-state index in [0.29, 0.717) is 17.9 Å². The molecule has 23 heavy (non-hydrogen) atoms. The lowest BCUT2D eigenvalue weighted by Gasteiger charge is -2.17. The number of hydrogen-bond acceptors (Lipinski definition) is 4. The molecule has 1 saturated carbocycles. The second-order valence-electron chi connectivity index (χ2n) is 5.45. The highest BCUT2D eigenvalue weighted by molar-refractivity contribution is 5.85. The minimum atomic E-state index is -2.92. The predicted molar refractivity (Wildman–Crippen MR) is 77.9 cm³/mol. The Kier molecular flexibility index (Phi) is 5.90. The van der Waals surface area contributed by atoms with Gasteiger partial charge in [-0.1, -0.05) is 25.0 Å². The lowest BCUT2D eigenvalue weighted by molar-refractivity contribution is -0.145. The fraction of sp³-hybridized carbons (Fsp3) is 0.500. The first-order valence-corrected chi connectivity index (χ1v) is 7.41. The van der Waals surface area contributed by atoms with Gasteiger partial charge >= 0.3 is 12.6 Å². The van der Waals surface area contributed by atoms with Gasteiger partial charge in [-0.05, 0) is 30.0 Å². The van der Waals surface area contributed by atoms with Gasteiger partial charge in [0, 0.05) is 6.42 Å². The molecule has 0 unspecified atom stereocenters. The van der Waals surface area contributed by atoms with E-state index in [4.69, 9.17) is 4.74 Å². The number of carbonyl (C=O) groups is 2. The maximum absolute atomic E-state index is 12.1. The van der Waals surface area contributed by atoms with Crippen LogP contribution in [0.4, 0.5) is 8.78 Å². The number of hydrogen-bond donors (Lipinski definition) is 1. The highest BCUT2D eigenvalue weighted by atomic mass is 19.3. The molecule has 1 fully saturated rings. The number of alkyl halides is 2. The molecule has 126 valence electrons. The molecule has 2 rings (SSSR count). The summed E-state index contributed by atoms with van der Waals surface area (Å²) in [5.41, 5.74) is 0.443. The van der Waals surface area contributed by atoms with E-state index in [1.165, 1.54) is 31.4 Å². The monoisotopic (exact) mass is 327 g/mol. The standard InChI is InChI=1S/C16H19F2NO4/c1-22-15(21)14(19-13(20)9-4-10-2-3-10)11-5-7-12(8-6-11)23-16(17)18/h5-8,10,14,16H,2-4,9H2,1H3,(H,19,20)/t14-/m0/s1. The highest BCUT2D eigenvalue weighted by Gasteiger charge is 2.26. The average Bonchev–Trinajstić information content (AvgIpc) is 3.34. The molecule has 1 N–H and O–H groups in total.